The fourth-order valence-corrected chi connectivity index (χ4v) is 2.83. The number of nitrogens with one attached hydrogen (secondary N) is 2. The minimum Gasteiger partial charge on any atom is -0.376 e. The van der Waals surface area contributed by atoms with Crippen LogP contribution in [0.2, 0.25) is 0 Å². The highest BCUT2D eigenvalue weighted by molar-refractivity contribution is 5.89. The molecule has 2 N–H and O–H groups in total. The average molecular weight is 355 g/mol. The minimum absolute atomic E-state index is 0.211. The van der Waals surface area contributed by atoms with Crippen LogP contribution in [0, 0.1) is 0 Å². The van der Waals surface area contributed by atoms with Crippen molar-refractivity contribution in [2.45, 2.75) is 38.5 Å². The van der Waals surface area contributed by atoms with Crippen molar-refractivity contribution < 1.29 is 14.3 Å². The molecule has 3 rings (SSSR count). The number of pyridine rings is 1. The van der Waals surface area contributed by atoms with E-state index in [1.165, 1.54) is 6.42 Å². The van der Waals surface area contributed by atoms with Gasteiger partial charge in [-0.05, 0) is 49.1 Å². The lowest BCUT2D eigenvalue weighted by molar-refractivity contribution is -0.0447. The molecule has 1 aromatic carbocycles. The van der Waals surface area contributed by atoms with Gasteiger partial charge in [-0.2, -0.15) is 0 Å². The van der Waals surface area contributed by atoms with Gasteiger partial charge in [0, 0.05) is 18.5 Å². The van der Waals surface area contributed by atoms with E-state index in [2.05, 4.69) is 15.6 Å². The fourth-order valence-electron chi connectivity index (χ4n) is 2.83. The second-order valence-corrected chi connectivity index (χ2v) is 6.33. The Morgan fingerprint density at radius 1 is 1.23 bits per heavy atom. The number of hydrogen-bond acceptors (Lipinski definition) is 4. The maximum Gasteiger partial charge on any atom is 0.319 e. The highest BCUT2D eigenvalue weighted by Crippen LogP contribution is 2.15. The normalized spacial score (nSPS) is 16.8. The molecule has 138 valence electrons. The summed E-state index contributed by atoms with van der Waals surface area (Å²) >= 11 is 0. The third-order valence-corrected chi connectivity index (χ3v) is 4.19. The second kappa shape index (κ2) is 9.89. The Labute approximate surface area is 153 Å². The van der Waals surface area contributed by atoms with Crippen molar-refractivity contribution in [1.29, 1.82) is 0 Å². The molecule has 1 saturated heterocycles. The summed E-state index contributed by atoms with van der Waals surface area (Å²) in [6.45, 7) is 2.34. The number of aromatic nitrogens is 1. The van der Waals surface area contributed by atoms with Gasteiger partial charge in [-0.25, -0.2) is 4.79 Å². The van der Waals surface area contributed by atoms with E-state index in [-0.39, 0.29) is 12.1 Å². The molecule has 0 bridgehead atoms. The summed E-state index contributed by atoms with van der Waals surface area (Å²) in [5.41, 5.74) is 2.57. The SMILES string of the molecule is O=C(NCc1ccccn1)Nc1cccc(COCC2CCCCO2)c1. The molecule has 6 nitrogen and oxygen atoms in total. The van der Waals surface area contributed by atoms with Crippen LogP contribution in [-0.4, -0.2) is 30.3 Å². The van der Waals surface area contributed by atoms with Crippen molar-refractivity contribution in [3.63, 3.8) is 0 Å². The average Bonchev–Trinajstić information content (AvgIpc) is 2.68. The minimum atomic E-state index is -0.260. The number of nitrogens with zero attached hydrogens (tertiary/aromatic N) is 1. The van der Waals surface area contributed by atoms with Gasteiger partial charge in [0.25, 0.3) is 0 Å². The number of carbonyl (C=O) groups is 1. The number of carbonyl (C=O) groups excluding carboxylic acids is 1. The van der Waals surface area contributed by atoms with E-state index in [0.717, 1.165) is 36.4 Å². The molecule has 1 aliphatic rings. The summed E-state index contributed by atoms with van der Waals surface area (Å²) in [5, 5.41) is 5.63. The summed E-state index contributed by atoms with van der Waals surface area (Å²) in [6, 6.07) is 13.0. The van der Waals surface area contributed by atoms with E-state index < -0.39 is 0 Å². The first-order valence-corrected chi connectivity index (χ1v) is 9.02. The summed E-state index contributed by atoms with van der Waals surface area (Å²) < 4.78 is 11.4. The Morgan fingerprint density at radius 3 is 3.00 bits per heavy atom. The largest absolute Gasteiger partial charge is 0.376 e. The van der Waals surface area contributed by atoms with E-state index in [0.29, 0.717) is 19.8 Å². The molecule has 2 amide bonds. The molecular formula is C20H25N3O3. The maximum atomic E-state index is 12.0. The molecule has 2 heterocycles. The van der Waals surface area contributed by atoms with Crippen LogP contribution in [0.5, 0.6) is 0 Å². The zero-order valence-electron chi connectivity index (χ0n) is 14.8. The Balaban J connectivity index is 1.42. The van der Waals surface area contributed by atoms with Crippen molar-refractivity contribution >= 4 is 11.7 Å². The van der Waals surface area contributed by atoms with Gasteiger partial charge in [0.05, 0.1) is 31.6 Å². The molecule has 1 aromatic heterocycles. The van der Waals surface area contributed by atoms with Crippen LogP contribution >= 0.6 is 0 Å². The topological polar surface area (TPSA) is 72.5 Å². The molecule has 1 unspecified atom stereocenters. The second-order valence-electron chi connectivity index (χ2n) is 6.33. The number of hydrogen-bond donors (Lipinski definition) is 2. The van der Waals surface area contributed by atoms with Crippen LogP contribution in [0.3, 0.4) is 0 Å². The van der Waals surface area contributed by atoms with Crippen LogP contribution in [0.15, 0.2) is 48.7 Å². The highest BCUT2D eigenvalue weighted by Gasteiger charge is 2.13. The Morgan fingerprint density at radius 2 is 2.19 bits per heavy atom. The smallest absolute Gasteiger partial charge is 0.319 e. The third-order valence-electron chi connectivity index (χ3n) is 4.19. The van der Waals surface area contributed by atoms with Crippen molar-refractivity contribution in [3.05, 3.63) is 59.9 Å². The van der Waals surface area contributed by atoms with Crippen molar-refractivity contribution in [2.24, 2.45) is 0 Å². The van der Waals surface area contributed by atoms with Gasteiger partial charge in [-0.15, -0.1) is 0 Å². The summed E-state index contributed by atoms with van der Waals surface area (Å²) in [5.74, 6) is 0. The van der Waals surface area contributed by atoms with Gasteiger partial charge >= 0.3 is 6.03 Å². The first-order chi connectivity index (χ1) is 12.8. The number of urea groups is 1. The molecule has 1 aliphatic heterocycles. The quantitative estimate of drug-likeness (QED) is 0.797. The molecule has 6 heteroatoms. The lowest BCUT2D eigenvalue weighted by atomic mass is 10.1. The van der Waals surface area contributed by atoms with Crippen LogP contribution in [-0.2, 0) is 22.6 Å². The summed E-state index contributed by atoms with van der Waals surface area (Å²) in [7, 11) is 0. The van der Waals surface area contributed by atoms with Crippen LogP contribution < -0.4 is 10.6 Å². The lowest BCUT2D eigenvalue weighted by Gasteiger charge is -2.22. The predicted octanol–water partition coefficient (Wildman–Crippen LogP) is 3.49. The van der Waals surface area contributed by atoms with Crippen molar-refractivity contribution in [3.8, 4) is 0 Å². The molecule has 0 radical (unpaired) electrons. The number of benzene rings is 1. The van der Waals surface area contributed by atoms with Gasteiger partial charge in [-0.1, -0.05) is 18.2 Å². The molecular weight excluding hydrogens is 330 g/mol. The van der Waals surface area contributed by atoms with Gasteiger partial charge in [-0.3, -0.25) is 4.98 Å². The van der Waals surface area contributed by atoms with E-state index in [9.17, 15) is 4.79 Å². The van der Waals surface area contributed by atoms with E-state index in [1.54, 1.807) is 6.20 Å². The van der Waals surface area contributed by atoms with Crippen molar-refractivity contribution in [1.82, 2.24) is 10.3 Å². The number of ether oxygens (including phenoxy) is 2. The van der Waals surface area contributed by atoms with Crippen LogP contribution in [0.25, 0.3) is 0 Å². The predicted molar refractivity (Wildman–Crippen MR) is 99.8 cm³/mol. The zero-order chi connectivity index (χ0) is 18.0. The van der Waals surface area contributed by atoms with Crippen LogP contribution in [0.1, 0.15) is 30.5 Å². The Hall–Kier alpha value is -2.44. The standard InChI is InChI=1S/C20H25N3O3/c24-20(22-13-18-7-1-3-10-21-18)23-17-8-5-6-16(12-17)14-25-15-19-9-2-4-11-26-19/h1,3,5-8,10,12,19H,2,4,9,11,13-15H2,(H2,22,23,24). The van der Waals surface area contributed by atoms with Crippen molar-refractivity contribution in [2.75, 3.05) is 18.5 Å². The molecule has 26 heavy (non-hydrogen) atoms. The number of amides is 2. The first-order valence-electron chi connectivity index (χ1n) is 9.02. The van der Waals surface area contributed by atoms with Gasteiger partial charge < -0.3 is 20.1 Å². The number of anilines is 1. The van der Waals surface area contributed by atoms with Gasteiger partial charge in [0.1, 0.15) is 0 Å². The Bertz CT molecular complexity index is 688. The van der Waals surface area contributed by atoms with Gasteiger partial charge in [0.2, 0.25) is 0 Å². The zero-order valence-corrected chi connectivity index (χ0v) is 14.8. The van der Waals surface area contributed by atoms with E-state index in [1.807, 2.05) is 42.5 Å². The highest BCUT2D eigenvalue weighted by atomic mass is 16.5. The molecule has 0 spiro atoms. The molecule has 1 fully saturated rings. The first kappa shape index (κ1) is 18.4. The fraction of sp³-hybridized carbons (Fsp3) is 0.400. The lowest BCUT2D eigenvalue weighted by Crippen LogP contribution is -2.28. The third kappa shape index (κ3) is 6.13. The summed E-state index contributed by atoms with van der Waals surface area (Å²) in [4.78, 5) is 16.2. The Kier molecular flexibility index (Phi) is 6.98. The summed E-state index contributed by atoms with van der Waals surface area (Å²) in [6.07, 6.45) is 5.34. The molecule has 2 aromatic rings. The van der Waals surface area contributed by atoms with E-state index >= 15 is 0 Å². The van der Waals surface area contributed by atoms with E-state index in [4.69, 9.17) is 9.47 Å². The van der Waals surface area contributed by atoms with Crippen LogP contribution in [0.4, 0.5) is 10.5 Å². The monoisotopic (exact) mass is 355 g/mol. The molecule has 0 saturated carbocycles. The molecule has 1 atom stereocenters. The number of rotatable bonds is 7. The van der Waals surface area contributed by atoms with Gasteiger partial charge in [0.15, 0.2) is 0 Å². The maximum absolute atomic E-state index is 12.0. The molecule has 0 aliphatic carbocycles.